The van der Waals surface area contributed by atoms with E-state index in [1.807, 2.05) is 5.32 Å². The molecule has 1 heterocycles. The summed E-state index contributed by atoms with van der Waals surface area (Å²) in [6.07, 6.45) is 0. The molecule has 0 aromatic carbocycles. The van der Waals surface area contributed by atoms with Crippen molar-refractivity contribution in [1.82, 2.24) is 5.32 Å². The molecule has 70 valence electrons. The Labute approximate surface area is 87.6 Å². The Morgan fingerprint density at radius 2 is 2.08 bits per heavy atom. The van der Waals surface area contributed by atoms with Gasteiger partial charge in [0.15, 0.2) is 0 Å². The minimum absolute atomic E-state index is 0.149. The summed E-state index contributed by atoms with van der Waals surface area (Å²) in [6.45, 7) is 0. The Balaban J connectivity index is 2.88. The molecule has 0 radical (unpaired) electrons. The van der Waals surface area contributed by atoms with Crippen LogP contribution in [0.5, 0.6) is 0 Å². The van der Waals surface area contributed by atoms with Crippen LogP contribution in [-0.2, 0) is 0 Å². The van der Waals surface area contributed by atoms with E-state index in [2.05, 4.69) is 0 Å². The van der Waals surface area contributed by atoms with Crippen molar-refractivity contribution < 1.29 is 9.59 Å². The molecule has 0 fully saturated rings. The number of imide groups is 1. The van der Waals surface area contributed by atoms with Crippen LogP contribution in [0.4, 0.5) is 4.79 Å². The van der Waals surface area contributed by atoms with E-state index in [0.29, 0.717) is 4.34 Å². The van der Waals surface area contributed by atoms with Crippen LogP contribution in [0.15, 0.2) is 6.07 Å². The summed E-state index contributed by atoms with van der Waals surface area (Å²) in [5.41, 5.74) is 4.89. The van der Waals surface area contributed by atoms with Crippen molar-refractivity contribution in [1.29, 1.82) is 0 Å². The third kappa shape index (κ3) is 2.58. The van der Waals surface area contributed by atoms with Crippen LogP contribution in [0.2, 0.25) is 8.67 Å². The molecule has 13 heavy (non-hydrogen) atoms. The Morgan fingerprint density at radius 3 is 2.46 bits per heavy atom. The van der Waals surface area contributed by atoms with E-state index in [4.69, 9.17) is 28.9 Å². The molecular formula is C6H4Cl2N2O2S. The molecule has 1 aromatic heterocycles. The van der Waals surface area contributed by atoms with Crippen LogP contribution in [0.1, 0.15) is 10.4 Å². The summed E-state index contributed by atoms with van der Waals surface area (Å²) in [5.74, 6) is -0.652. The van der Waals surface area contributed by atoms with Gasteiger partial charge in [-0.25, -0.2) is 4.79 Å². The fourth-order valence-electron chi connectivity index (χ4n) is 0.674. The van der Waals surface area contributed by atoms with E-state index in [1.54, 1.807) is 0 Å². The molecule has 0 unspecified atom stereocenters. The van der Waals surface area contributed by atoms with Gasteiger partial charge in [0.25, 0.3) is 5.91 Å². The third-order valence-corrected chi connectivity index (χ3v) is 2.63. The summed E-state index contributed by atoms with van der Waals surface area (Å²) in [6, 6.07) is 0.440. The van der Waals surface area contributed by atoms with E-state index in [0.717, 1.165) is 11.3 Å². The molecule has 1 aromatic rings. The summed E-state index contributed by atoms with van der Waals surface area (Å²) in [5, 5.41) is 1.88. The normalized spacial score (nSPS) is 9.69. The fourth-order valence-corrected chi connectivity index (χ4v) is 2.13. The van der Waals surface area contributed by atoms with Crippen molar-refractivity contribution in [2.75, 3.05) is 0 Å². The van der Waals surface area contributed by atoms with Crippen molar-refractivity contribution in [2.24, 2.45) is 5.73 Å². The van der Waals surface area contributed by atoms with E-state index in [-0.39, 0.29) is 9.90 Å². The lowest BCUT2D eigenvalue weighted by Gasteiger charge is -1.96. The van der Waals surface area contributed by atoms with Crippen molar-refractivity contribution in [3.05, 3.63) is 20.3 Å². The van der Waals surface area contributed by atoms with Gasteiger partial charge in [0.1, 0.15) is 4.34 Å². The van der Waals surface area contributed by atoms with Gasteiger partial charge in [-0.15, -0.1) is 11.3 Å². The molecule has 0 saturated heterocycles. The van der Waals surface area contributed by atoms with Crippen LogP contribution in [0, 0.1) is 0 Å². The molecule has 7 heteroatoms. The monoisotopic (exact) mass is 238 g/mol. The highest BCUT2D eigenvalue weighted by Gasteiger charge is 2.14. The number of nitrogens with one attached hydrogen (secondary N) is 1. The molecular weight excluding hydrogens is 235 g/mol. The zero-order chi connectivity index (χ0) is 10.0. The maximum Gasteiger partial charge on any atom is 0.319 e. The Morgan fingerprint density at radius 1 is 1.46 bits per heavy atom. The topological polar surface area (TPSA) is 72.2 Å². The molecule has 0 spiro atoms. The summed E-state index contributed by atoms with van der Waals surface area (Å²) < 4.78 is 0.600. The first-order valence-corrected chi connectivity index (χ1v) is 4.63. The van der Waals surface area contributed by atoms with Gasteiger partial charge in [-0.05, 0) is 6.07 Å². The molecule has 0 atom stereocenters. The summed E-state index contributed by atoms with van der Waals surface area (Å²) >= 11 is 12.3. The van der Waals surface area contributed by atoms with Gasteiger partial charge >= 0.3 is 6.03 Å². The molecule has 4 nitrogen and oxygen atoms in total. The quantitative estimate of drug-likeness (QED) is 0.784. The number of hydrogen-bond donors (Lipinski definition) is 2. The van der Waals surface area contributed by atoms with E-state index in [9.17, 15) is 9.59 Å². The number of primary amides is 1. The predicted molar refractivity (Wildman–Crippen MR) is 51.4 cm³/mol. The standard InChI is InChI=1S/C6H4Cl2N2O2S/c7-3-1-2(4(8)13-3)5(11)10-6(9)12/h1H,(H3,9,10,11,12). The second-order valence-corrected chi connectivity index (χ2v) is 4.34. The fraction of sp³-hybridized carbons (Fsp3) is 0. The van der Waals surface area contributed by atoms with E-state index < -0.39 is 11.9 Å². The highest BCUT2D eigenvalue weighted by atomic mass is 35.5. The zero-order valence-corrected chi connectivity index (χ0v) is 8.46. The lowest BCUT2D eigenvalue weighted by molar-refractivity contribution is 0.0967. The molecule has 0 bridgehead atoms. The molecule has 0 aliphatic carbocycles. The minimum atomic E-state index is -0.927. The Bertz CT molecular complexity index is 364. The number of carbonyl (C=O) groups excluding carboxylic acids is 2. The number of hydrogen-bond acceptors (Lipinski definition) is 3. The number of rotatable bonds is 1. The van der Waals surface area contributed by atoms with Crippen LogP contribution in [0.3, 0.4) is 0 Å². The number of nitrogens with two attached hydrogens (primary N) is 1. The highest BCUT2D eigenvalue weighted by Crippen LogP contribution is 2.30. The number of halogens is 2. The first-order valence-electron chi connectivity index (χ1n) is 3.06. The molecule has 3 amide bonds. The van der Waals surface area contributed by atoms with Gasteiger partial charge in [0.2, 0.25) is 0 Å². The first kappa shape index (κ1) is 10.3. The van der Waals surface area contributed by atoms with Crippen LogP contribution >= 0.6 is 34.5 Å². The summed E-state index contributed by atoms with van der Waals surface area (Å²) in [4.78, 5) is 21.5. The average Bonchev–Trinajstić information content (AvgIpc) is 2.28. The van der Waals surface area contributed by atoms with Gasteiger partial charge in [-0.2, -0.15) is 0 Å². The van der Waals surface area contributed by atoms with Crippen molar-refractivity contribution >= 4 is 46.5 Å². The number of thiophene rings is 1. The Hall–Kier alpha value is -0.780. The van der Waals surface area contributed by atoms with Gasteiger partial charge in [-0.3, -0.25) is 10.1 Å². The molecule has 0 aliphatic rings. The molecule has 3 N–H and O–H groups in total. The highest BCUT2D eigenvalue weighted by molar-refractivity contribution is 7.20. The average molecular weight is 239 g/mol. The third-order valence-electron chi connectivity index (χ3n) is 1.14. The van der Waals surface area contributed by atoms with Crippen LogP contribution in [0.25, 0.3) is 0 Å². The number of urea groups is 1. The Kier molecular flexibility index (Phi) is 3.13. The predicted octanol–water partition coefficient (Wildman–Crippen LogP) is 1.86. The lowest BCUT2D eigenvalue weighted by atomic mass is 10.3. The van der Waals surface area contributed by atoms with Gasteiger partial charge < -0.3 is 5.73 Å². The van der Waals surface area contributed by atoms with Crippen molar-refractivity contribution in [3.63, 3.8) is 0 Å². The first-order chi connectivity index (χ1) is 6.00. The smallest absolute Gasteiger partial charge is 0.319 e. The van der Waals surface area contributed by atoms with Crippen molar-refractivity contribution in [2.45, 2.75) is 0 Å². The van der Waals surface area contributed by atoms with Crippen molar-refractivity contribution in [3.8, 4) is 0 Å². The van der Waals surface area contributed by atoms with Gasteiger partial charge in [0.05, 0.1) is 9.90 Å². The van der Waals surface area contributed by atoms with Crippen LogP contribution in [-0.4, -0.2) is 11.9 Å². The minimum Gasteiger partial charge on any atom is -0.351 e. The lowest BCUT2D eigenvalue weighted by Crippen LogP contribution is -2.34. The van der Waals surface area contributed by atoms with Gasteiger partial charge in [-0.1, -0.05) is 23.2 Å². The maximum absolute atomic E-state index is 11.1. The second-order valence-electron chi connectivity index (χ2n) is 2.06. The molecule has 1 rings (SSSR count). The van der Waals surface area contributed by atoms with E-state index in [1.165, 1.54) is 6.07 Å². The molecule has 0 saturated carbocycles. The summed E-state index contributed by atoms with van der Waals surface area (Å²) in [7, 11) is 0. The van der Waals surface area contributed by atoms with Crippen LogP contribution < -0.4 is 11.1 Å². The second kappa shape index (κ2) is 3.95. The number of carbonyl (C=O) groups is 2. The SMILES string of the molecule is NC(=O)NC(=O)c1cc(Cl)sc1Cl. The van der Waals surface area contributed by atoms with E-state index >= 15 is 0 Å². The number of amides is 3. The largest absolute Gasteiger partial charge is 0.351 e. The zero-order valence-electron chi connectivity index (χ0n) is 6.14. The maximum atomic E-state index is 11.1. The molecule has 0 aliphatic heterocycles. The van der Waals surface area contributed by atoms with Gasteiger partial charge in [0, 0.05) is 0 Å².